The number of hydrogen-bond acceptors (Lipinski definition) is 5. The lowest BCUT2D eigenvalue weighted by Crippen LogP contribution is -2.46. The number of hydrazine groups is 1. The summed E-state index contributed by atoms with van der Waals surface area (Å²) in [6.07, 6.45) is -11.7. The number of nitrogen functional groups attached to an aromatic ring is 1. The molecule has 2 aromatic heterocycles. The van der Waals surface area contributed by atoms with Crippen molar-refractivity contribution < 1.29 is 31.1 Å². The van der Waals surface area contributed by atoms with Gasteiger partial charge >= 0.3 is 12.4 Å². The highest BCUT2D eigenvalue weighted by Crippen LogP contribution is 2.36. The fourth-order valence-corrected chi connectivity index (χ4v) is 1.48. The monoisotopic (exact) mass is 315 g/mol. The molecule has 2 rings (SSSR count). The largest absolute Gasteiger partial charge is 0.452 e. The number of rotatable bonds is 3. The number of nitrogens with two attached hydrogens (primary N) is 1. The molecule has 6 nitrogen and oxygen atoms in total. The Hall–Kier alpha value is -2.24. The number of ether oxygens (including phenoxy) is 1. The molecule has 0 spiro atoms. The van der Waals surface area contributed by atoms with E-state index < -0.39 is 24.3 Å². The van der Waals surface area contributed by atoms with Crippen LogP contribution in [0.25, 0.3) is 5.65 Å². The third-order valence-corrected chi connectivity index (χ3v) is 2.32. The molecule has 2 aromatic rings. The van der Waals surface area contributed by atoms with Crippen LogP contribution in [0.5, 0.6) is 5.88 Å². The van der Waals surface area contributed by atoms with E-state index in [0.717, 1.165) is 10.6 Å². The average Bonchev–Trinajstić information content (AvgIpc) is 2.80. The number of nitrogens with zero attached hydrogens (tertiary/aromatic N) is 3. The number of imidazole rings is 1. The highest BCUT2D eigenvalue weighted by atomic mass is 19.4. The first-order valence-corrected chi connectivity index (χ1v) is 5.23. The first-order valence-electron chi connectivity index (χ1n) is 5.23. The summed E-state index contributed by atoms with van der Waals surface area (Å²) in [6.45, 7) is 0. The highest BCUT2D eigenvalue weighted by molar-refractivity contribution is 5.53. The average molecular weight is 315 g/mol. The van der Waals surface area contributed by atoms with Gasteiger partial charge in [-0.1, -0.05) is 0 Å². The standard InChI is InChI=1S/C9H7F6N5O/c10-8(11,12)7(9(13,14)15)21-6-5-17-1-2-20(5)3-4(18-6)19-16/h1-3,7,19H,16H2. The van der Waals surface area contributed by atoms with E-state index in [-0.39, 0.29) is 11.5 Å². The maximum Gasteiger partial charge on any atom is 0.434 e. The molecule has 21 heavy (non-hydrogen) atoms. The first kappa shape index (κ1) is 15.2. The van der Waals surface area contributed by atoms with Crippen LogP contribution in [0.1, 0.15) is 0 Å². The summed E-state index contributed by atoms with van der Waals surface area (Å²) in [5.74, 6) is 3.89. The Kier molecular flexibility index (Phi) is 3.57. The zero-order valence-corrected chi connectivity index (χ0v) is 9.90. The molecular weight excluding hydrogens is 308 g/mol. The summed E-state index contributed by atoms with van der Waals surface area (Å²) in [4.78, 5) is 7.00. The Morgan fingerprint density at radius 1 is 1.19 bits per heavy atom. The van der Waals surface area contributed by atoms with Gasteiger partial charge in [-0.15, -0.1) is 0 Å². The van der Waals surface area contributed by atoms with Gasteiger partial charge in [0, 0.05) is 12.4 Å². The van der Waals surface area contributed by atoms with Gasteiger partial charge in [-0.25, -0.2) is 10.8 Å². The van der Waals surface area contributed by atoms with Crippen LogP contribution in [-0.4, -0.2) is 32.8 Å². The number of fused-ring (bicyclic) bond motifs is 1. The Labute approximate surface area is 112 Å². The van der Waals surface area contributed by atoms with Crippen molar-refractivity contribution in [3.8, 4) is 5.88 Å². The van der Waals surface area contributed by atoms with E-state index in [9.17, 15) is 26.3 Å². The quantitative estimate of drug-likeness (QED) is 0.514. The molecular formula is C9H7F6N5O. The number of alkyl halides is 6. The lowest BCUT2D eigenvalue weighted by atomic mass is 10.3. The smallest absolute Gasteiger partial charge is 0.434 e. The van der Waals surface area contributed by atoms with Crippen LogP contribution in [0.3, 0.4) is 0 Å². The van der Waals surface area contributed by atoms with Crippen molar-refractivity contribution >= 4 is 11.5 Å². The molecule has 0 aromatic carbocycles. The molecule has 0 fully saturated rings. The summed E-state index contributed by atoms with van der Waals surface area (Å²) in [5.41, 5.74) is 1.69. The number of aromatic nitrogens is 3. The van der Waals surface area contributed by atoms with Crippen LogP contribution in [0.4, 0.5) is 32.2 Å². The van der Waals surface area contributed by atoms with Crippen molar-refractivity contribution in [1.29, 1.82) is 0 Å². The molecule has 12 heteroatoms. The van der Waals surface area contributed by atoms with Gasteiger partial charge in [0.2, 0.25) is 5.65 Å². The van der Waals surface area contributed by atoms with Crippen molar-refractivity contribution in [1.82, 2.24) is 14.4 Å². The molecule has 0 unspecified atom stereocenters. The van der Waals surface area contributed by atoms with Gasteiger partial charge in [0.25, 0.3) is 12.0 Å². The van der Waals surface area contributed by atoms with E-state index in [4.69, 9.17) is 5.84 Å². The predicted molar refractivity (Wildman–Crippen MR) is 57.3 cm³/mol. The number of nitrogens with one attached hydrogen (secondary N) is 1. The minimum atomic E-state index is -5.66. The van der Waals surface area contributed by atoms with E-state index in [1.54, 1.807) is 0 Å². The van der Waals surface area contributed by atoms with Crippen molar-refractivity contribution in [3.05, 3.63) is 18.6 Å². The molecule has 3 N–H and O–H groups in total. The topological polar surface area (TPSA) is 77.5 Å². The second kappa shape index (κ2) is 4.95. The molecule has 0 amide bonds. The number of anilines is 1. The summed E-state index contributed by atoms with van der Waals surface area (Å²) in [6, 6.07) is 0. The fraction of sp³-hybridized carbons (Fsp3) is 0.333. The second-order valence-corrected chi connectivity index (χ2v) is 3.81. The summed E-state index contributed by atoms with van der Waals surface area (Å²) in [7, 11) is 0. The lowest BCUT2D eigenvalue weighted by Gasteiger charge is -2.23. The van der Waals surface area contributed by atoms with Gasteiger partial charge in [0.1, 0.15) is 0 Å². The van der Waals surface area contributed by atoms with E-state index >= 15 is 0 Å². The fourth-order valence-electron chi connectivity index (χ4n) is 1.48. The summed E-state index contributed by atoms with van der Waals surface area (Å²) in [5, 5.41) is 0. The molecule has 0 radical (unpaired) electrons. The Morgan fingerprint density at radius 3 is 2.33 bits per heavy atom. The van der Waals surface area contributed by atoms with E-state index in [2.05, 4.69) is 14.7 Å². The van der Waals surface area contributed by atoms with Crippen LogP contribution >= 0.6 is 0 Å². The van der Waals surface area contributed by atoms with Gasteiger partial charge in [-0.05, 0) is 0 Å². The normalized spacial score (nSPS) is 13.0. The molecule has 0 bridgehead atoms. The molecule has 0 aliphatic rings. The number of halogens is 6. The molecule has 0 saturated heterocycles. The van der Waals surface area contributed by atoms with E-state index in [1.807, 2.05) is 5.43 Å². The second-order valence-electron chi connectivity index (χ2n) is 3.81. The molecule has 0 saturated carbocycles. The van der Waals surface area contributed by atoms with Crippen molar-refractivity contribution in [2.45, 2.75) is 18.5 Å². The molecule has 2 heterocycles. The Balaban J connectivity index is 2.48. The molecule has 0 aliphatic heterocycles. The first-order chi connectivity index (χ1) is 9.63. The molecule has 0 atom stereocenters. The van der Waals surface area contributed by atoms with E-state index in [1.165, 1.54) is 12.4 Å². The Bertz CT molecular complexity index is 622. The van der Waals surface area contributed by atoms with Crippen LogP contribution in [0, 0.1) is 0 Å². The maximum absolute atomic E-state index is 12.5. The lowest BCUT2D eigenvalue weighted by molar-refractivity contribution is -0.300. The van der Waals surface area contributed by atoms with Crippen LogP contribution < -0.4 is 16.0 Å². The van der Waals surface area contributed by atoms with Gasteiger partial charge in [0.05, 0.1) is 6.20 Å². The minimum absolute atomic E-state index is 0.196. The van der Waals surface area contributed by atoms with Crippen LogP contribution in [0.2, 0.25) is 0 Å². The van der Waals surface area contributed by atoms with Gasteiger partial charge < -0.3 is 10.2 Å². The van der Waals surface area contributed by atoms with Crippen molar-refractivity contribution in [2.75, 3.05) is 5.43 Å². The molecule has 116 valence electrons. The van der Waals surface area contributed by atoms with Crippen molar-refractivity contribution in [3.63, 3.8) is 0 Å². The predicted octanol–water partition coefficient (Wildman–Crippen LogP) is 1.89. The highest BCUT2D eigenvalue weighted by Gasteiger charge is 2.59. The van der Waals surface area contributed by atoms with Gasteiger partial charge in [0.15, 0.2) is 5.82 Å². The zero-order valence-electron chi connectivity index (χ0n) is 9.90. The summed E-state index contributed by atoms with van der Waals surface area (Å²) < 4.78 is 79.9. The van der Waals surface area contributed by atoms with Crippen LogP contribution in [-0.2, 0) is 0 Å². The van der Waals surface area contributed by atoms with Crippen LogP contribution in [0.15, 0.2) is 18.6 Å². The maximum atomic E-state index is 12.5. The zero-order chi connectivity index (χ0) is 15.8. The molecule has 0 aliphatic carbocycles. The minimum Gasteiger partial charge on any atom is -0.452 e. The van der Waals surface area contributed by atoms with Gasteiger partial charge in [-0.2, -0.15) is 31.3 Å². The summed E-state index contributed by atoms with van der Waals surface area (Å²) >= 11 is 0. The Morgan fingerprint density at radius 2 is 1.81 bits per heavy atom. The van der Waals surface area contributed by atoms with Crippen molar-refractivity contribution in [2.24, 2.45) is 5.84 Å². The third kappa shape index (κ3) is 3.09. The number of hydrogen-bond donors (Lipinski definition) is 2. The van der Waals surface area contributed by atoms with Gasteiger partial charge in [-0.3, -0.25) is 4.40 Å². The van der Waals surface area contributed by atoms with E-state index in [0.29, 0.717) is 0 Å². The SMILES string of the molecule is NNc1cn2ccnc2c(OC(C(F)(F)F)C(F)(F)F)n1. The third-order valence-electron chi connectivity index (χ3n) is 2.32.